The van der Waals surface area contributed by atoms with Crippen LogP contribution in [-0.2, 0) is 17.9 Å². The van der Waals surface area contributed by atoms with E-state index in [0.717, 1.165) is 35.5 Å². The maximum atomic E-state index is 13.3. The molecule has 0 unspecified atom stereocenters. The van der Waals surface area contributed by atoms with Crippen molar-refractivity contribution in [3.05, 3.63) is 89.2 Å². The Labute approximate surface area is 210 Å². The van der Waals surface area contributed by atoms with Gasteiger partial charge in [-0.15, -0.1) is 0 Å². The lowest BCUT2D eigenvalue weighted by atomic mass is 10.0. The standard InChI is InChI=1S/C28H30N4O4/c1-19-5-8-21-14-26(19)35-18-27(33)30-15-20-6-9-23(10-7-20)36-25-11-13-32(17-24(25)31-28(21)34)16-22-4-2-3-12-29-22/h2-10,12,14,24-25H,11,13,15-18H2,1H3,(H,30,33)(H,31,34)/t24-,25-/m0/s1. The Kier molecular flexibility index (Phi) is 7.13. The van der Waals surface area contributed by atoms with Gasteiger partial charge < -0.3 is 20.1 Å². The van der Waals surface area contributed by atoms with Crippen LogP contribution in [0.25, 0.3) is 0 Å². The van der Waals surface area contributed by atoms with E-state index >= 15 is 0 Å². The van der Waals surface area contributed by atoms with E-state index in [4.69, 9.17) is 9.47 Å². The van der Waals surface area contributed by atoms with Crippen molar-refractivity contribution < 1.29 is 19.1 Å². The van der Waals surface area contributed by atoms with E-state index in [2.05, 4.69) is 20.5 Å². The molecule has 36 heavy (non-hydrogen) atoms. The molecular formula is C28H30N4O4. The summed E-state index contributed by atoms with van der Waals surface area (Å²) in [6.07, 6.45) is 2.37. The summed E-state index contributed by atoms with van der Waals surface area (Å²) in [7, 11) is 0. The number of ether oxygens (including phenoxy) is 2. The predicted molar refractivity (Wildman–Crippen MR) is 135 cm³/mol. The molecule has 1 aromatic heterocycles. The second-order valence-corrected chi connectivity index (χ2v) is 9.27. The van der Waals surface area contributed by atoms with Crippen LogP contribution in [0.1, 0.15) is 33.6 Å². The number of benzene rings is 2. The van der Waals surface area contributed by atoms with Gasteiger partial charge >= 0.3 is 0 Å². The highest BCUT2D eigenvalue weighted by Gasteiger charge is 2.32. The van der Waals surface area contributed by atoms with Gasteiger partial charge in [0, 0.05) is 37.9 Å². The van der Waals surface area contributed by atoms with Gasteiger partial charge in [-0.3, -0.25) is 19.5 Å². The van der Waals surface area contributed by atoms with Gasteiger partial charge in [-0.1, -0.05) is 24.3 Å². The van der Waals surface area contributed by atoms with Gasteiger partial charge in [-0.05, 0) is 60.9 Å². The van der Waals surface area contributed by atoms with Crippen molar-refractivity contribution in [2.75, 3.05) is 19.7 Å². The van der Waals surface area contributed by atoms with E-state index < -0.39 is 0 Å². The number of hydrogen-bond donors (Lipinski definition) is 2. The quantitative estimate of drug-likeness (QED) is 0.579. The summed E-state index contributed by atoms with van der Waals surface area (Å²) in [5, 5.41) is 6.06. The zero-order valence-electron chi connectivity index (χ0n) is 20.3. The van der Waals surface area contributed by atoms with Gasteiger partial charge in [0.25, 0.3) is 11.8 Å². The first-order valence-electron chi connectivity index (χ1n) is 12.2. The smallest absolute Gasteiger partial charge is 0.258 e. The van der Waals surface area contributed by atoms with Crippen molar-refractivity contribution in [3.8, 4) is 11.5 Å². The van der Waals surface area contributed by atoms with E-state index in [1.165, 1.54) is 0 Å². The van der Waals surface area contributed by atoms with Gasteiger partial charge in [0.05, 0.1) is 11.7 Å². The van der Waals surface area contributed by atoms with Crippen LogP contribution in [0.3, 0.4) is 0 Å². The number of nitrogens with one attached hydrogen (secondary N) is 2. The molecule has 6 rings (SSSR count). The molecular weight excluding hydrogens is 456 g/mol. The van der Waals surface area contributed by atoms with Gasteiger partial charge in [0.1, 0.15) is 17.6 Å². The average Bonchev–Trinajstić information content (AvgIpc) is 2.89. The first-order valence-corrected chi connectivity index (χ1v) is 12.2. The molecule has 186 valence electrons. The number of amides is 2. The van der Waals surface area contributed by atoms with Gasteiger partial charge in [-0.25, -0.2) is 0 Å². The summed E-state index contributed by atoms with van der Waals surface area (Å²) in [4.78, 5) is 32.3. The van der Waals surface area contributed by atoms with Crippen molar-refractivity contribution in [2.45, 2.75) is 38.6 Å². The molecule has 4 bridgehead atoms. The number of aromatic nitrogens is 1. The van der Waals surface area contributed by atoms with E-state index in [-0.39, 0.29) is 30.6 Å². The SMILES string of the molecule is Cc1ccc2cc1OCC(=O)NCc1ccc(cc1)O[C@H]1CCN(Cc3ccccn3)C[C@@H]1NC2=O. The largest absolute Gasteiger partial charge is 0.488 e. The molecule has 4 heterocycles. The normalized spacial score (nSPS) is 20.8. The summed E-state index contributed by atoms with van der Waals surface area (Å²) in [5.41, 5.74) is 3.29. The highest BCUT2D eigenvalue weighted by molar-refractivity contribution is 5.95. The summed E-state index contributed by atoms with van der Waals surface area (Å²) in [5.74, 6) is 0.812. The van der Waals surface area contributed by atoms with E-state index in [1.807, 2.05) is 55.5 Å². The minimum Gasteiger partial charge on any atom is -0.488 e. The molecule has 0 aliphatic carbocycles. The van der Waals surface area contributed by atoms with Gasteiger partial charge in [0.15, 0.2) is 6.61 Å². The fourth-order valence-corrected chi connectivity index (χ4v) is 4.55. The van der Waals surface area contributed by atoms with Crippen LogP contribution in [0.2, 0.25) is 0 Å². The maximum Gasteiger partial charge on any atom is 0.258 e. The fourth-order valence-electron chi connectivity index (χ4n) is 4.55. The summed E-state index contributed by atoms with van der Waals surface area (Å²) in [6.45, 7) is 4.34. The second kappa shape index (κ2) is 10.8. The van der Waals surface area contributed by atoms with Crippen molar-refractivity contribution in [1.29, 1.82) is 0 Å². The van der Waals surface area contributed by atoms with Crippen molar-refractivity contribution >= 4 is 11.8 Å². The lowest BCUT2D eigenvalue weighted by Crippen LogP contribution is -2.56. The average molecular weight is 487 g/mol. The maximum absolute atomic E-state index is 13.3. The fraction of sp³-hybridized carbons (Fsp3) is 0.321. The molecule has 8 nitrogen and oxygen atoms in total. The minimum atomic E-state index is -0.229. The first kappa shape index (κ1) is 23.8. The summed E-state index contributed by atoms with van der Waals surface area (Å²) >= 11 is 0. The third kappa shape index (κ3) is 5.83. The Morgan fingerprint density at radius 2 is 1.94 bits per heavy atom. The van der Waals surface area contributed by atoms with Gasteiger partial charge in [0.2, 0.25) is 0 Å². The zero-order valence-corrected chi connectivity index (χ0v) is 20.3. The number of pyridine rings is 1. The number of carbonyl (C=O) groups excluding carboxylic acids is 2. The van der Waals surface area contributed by atoms with Crippen molar-refractivity contribution in [1.82, 2.24) is 20.5 Å². The molecule has 3 aliphatic rings. The topological polar surface area (TPSA) is 92.8 Å². The molecule has 0 radical (unpaired) electrons. The molecule has 2 atom stereocenters. The Hall–Kier alpha value is -3.91. The van der Waals surface area contributed by atoms with E-state index in [0.29, 0.717) is 30.9 Å². The number of piperidine rings is 1. The molecule has 2 N–H and O–H groups in total. The molecule has 2 aromatic carbocycles. The molecule has 0 saturated carbocycles. The third-order valence-electron chi connectivity index (χ3n) is 6.57. The van der Waals surface area contributed by atoms with Gasteiger partial charge in [-0.2, -0.15) is 0 Å². The van der Waals surface area contributed by atoms with E-state index in [1.54, 1.807) is 18.3 Å². The highest BCUT2D eigenvalue weighted by atomic mass is 16.5. The van der Waals surface area contributed by atoms with Crippen LogP contribution in [-0.4, -0.2) is 53.5 Å². The molecule has 8 heteroatoms. The van der Waals surface area contributed by atoms with Crippen LogP contribution in [0, 0.1) is 6.92 Å². The molecule has 3 aromatic rings. The van der Waals surface area contributed by atoms with Crippen LogP contribution in [0.5, 0.6) is 11.5 Å². The highest BCUT2D eigenvalue weighted by Crippen LogP contribution is 2.23. The number of nitrogens with zero attached hydrogens (tertiary/aromatic N) is 2. The number of carbonyl (C=O) groups is 2. The Morgan fingerprint density at radius 1 is 1.08 bits per heavy atom. The van der Waals surface area contributed by atoms with Crippen LogP contribution < -0.4 is 20.1 Å². The predicted octanol–water partition coefficient (Wildman–Crippen LogP) is 2.85. The first-order chi connectivity index (χ1) is 17.5. The Balaban J connectivity index is 1.41. The van der Waals surface area contributed by atoms with Crippen molar-refractivity contribution in [2.24, 2.45) is 0 Å². The third-order valence-corrected chi connectivity index (χ3v) is 6.57. The minimum absolute atomic E-state index is 0.125. The Bertz CT molecular complexity index is 1220. The number of rotatable bonds is 2. The second-order valence-electron chi connectivity index (χ2n) is 9.27. The number of fused-ring (bicyclic) bond motifs is 7. The number of aryl methyl sites for hydroxylation is 1. The molecule has 0 spiro atoms. The van der Waals surface area contributed by atoms with Crippen LogP contribution in [0.15, 0.2) is 66.9 Å². The van der Waals surface area contributed by atoms with Crippen LogP contribution >= 0.6 is 0 Å². The van der Waals surface area contributed by atoms with E-state index in [9.17, 15) is 9.59 Å². The van der Waals surface area contributed by atoms with Crippen molar-refractivity contribution in [3.63, 3.8) is 0 Å². The molecule has 1 saturated heterocycles. The molecule has 1 fully saturated rings. The lowest BCUT2D eigenvalue weighted by Gasteiger charge is -2.38. The summed E-state index contributed by atoms with van der Waals surface area (Å²) < 4.78 is 12.1. The summed E-state index contributed by atoms with van der Waals surface area (Å²) in [6, 6.07) is 18.7. The Morgan fingerprint density at radius 3 is 2.75 bits per heavy atom. The lowest BCUT2D eigenvalue weighted by molar-refractivity contribution is -0.123. The molecule has 3 aliphatic heterocycles. The molecule has 2 amide bonds. The zero-order chi connectivity index (χ0) is 24.9. The number of likely N-dealkylation sites (tertiary alicyclic amines) is 1. The monoisotopic (exact) mass is 486 g/mol. The number of hydrogen-bond acceptors (Lipinski definition) is 6. The van der Waals surface area contributed by atoms with Crippen LogP contribution in [0.4, 0.5) is 0 Å².